The number of nitrogens with zero attached hydrogens (tertiary/aromatic N) is 5. The highest BCUT2D eigenvalue weighted by Crippen LogP contribution is 2.37. The van der Waals surface area contributed by atoms with Crippen LogP contribution in [0, 0.1) is 29.1 Å². The molecule has 3 aromatic heterocycles. The molecule has 0 N–H and O–H groups in total. The molecule has 160 valence electrons. The van der Waals surface area contributed by atoms with E-state index in [1.165, 1.54) is 6.20 Å². The fourth-order valence-corrected chi connectivity index (χ4v) is 4.07. The van der Waals surface area contributed by atoms with E-state index in [2.05, 4.69) is 22.0 Å². The molecule has 1 aliphatic heterocycles. The van der Waals surface area contributed by atoms with E-state index in [4.69, 9.17) is 13.7 Å². The fourth-order valence-electron chi connectivity index (χ4n) is 4.07. The number of rotatable bonds is 5. The number of hydrogen-bond donors (Lipinski definition) is 0. The van der Waals surface area contributed by atoms with Gasteiger partial charge in [-0.1, -0.05) is 12.1 Å². The zero-order valence-electron chi connectivity index (χ0n) is 17.3. The summed E-state index contributed by atoms with van der Waals surface area (Å²) in [5.41, 5.74) is 0.848. The summed E-state index contributed by atoms with van der Waals surface area (Å²) in [7, 11) is 0. The zero-order chi connectivity index (χ0) is 21.4. The van der Waals surface area contributed by atoms with Crippen LogP contribution in [0.25, 0.3) is 22.6 Å². The van der Waals surface area contributed by atoms with E-state index < -0.39 is 0 Å². The number of furan rings is 1. The van der Waals surface area contributed by atoms with E-state index in [-0.39, 0.29) is 12.0 Å². The van der Waals surface area contributed by atoms with E-state index >= 15 is 0 Å². The highest BCUT2D eigenvalue weighted by atomic mass is 16.6. The maximum Gasteiger partial charge on any atom is 0.409 e. The van der Waals surface area contributed by atoms with E-state index in [1.807, 2.05) is 6.07 Å². The maximum atomic E-state index is 12.2. The summed E-state index contributed by atoms with van der Waals surface area (Å²) in [4.78, 5) is 22.5. The second kappa shape index (κ2) is 8.02. The number of fused-ring (bicyclic) bond motifs is 1. The number of hydrogen-bond acceptors (Lipinski definition) is 8. The minimum atomic E-state index is -0.199. The van der Waals surface area contributed by atoms with Crippen LogP contribution in [0.15, 0.2) is 27.3 Å². The van der Waals surface area contributed by atoms with E-state index in [9.17, 15) is 10.1 Å². The number of carbonyl (C=O) groups excluding carboxylic acids is 1. The Morgan fingerprint density at radius 1 is 1.39 bits per heavy atom. The molecule has 4 heterocycles. The molecular formula is C22H23N5O4. The van der Waals surface area contributed by atoms with Crippen molar-refractivity contribution in [2.75, 3.05) is 19.7 Å². The van der Waals surface area contributed by atoms with Gasteiger partial charge in [0.15, 0.2) is 17.3 Å². The van der Waals surface area contributed by atoms with Crippen LogP contribution in [0.3, 0.4) is 0 Å². The SMILES string of the molecule is CC1CC1COC(=O)N1CCC(Cc2noc(-c3cc4c(C#N)nccc4o3)n2)CC1. The lowest BCUT2D eigenvalue weighted by Crippen LogP contribution is -2.39. The minimum absolute atomic E-state index is 0.199. The van der Waals surface area contributed by atoms with Crippen LogP contribution >= 0.6 is 0 Å². The predicted octanol–water partition coefficient (Wildman–Crippen LogP) is 3.80. The first-order valence-electron chi connectivity index (χ1n) is 10.6. The van der Waals surface area contributed by atoms with Crippen LogP contribution in [0.1, 0.15) is 37.7 Å². The molecule has 1 aliphatic carbocycles. The first kappa shape index (κ1) is 19.5. The number of ether oxygens (including phenoxy) is 1. The summed E-state index contributed by atoms with van der Waals surface area (Å²) in [6, 6.07) is 5.44. The van der Waals surface area contributed by atoms with Gasteiger partial charge in [-0.2, -0.15) is 10.2 Å². The van der Waals surface area contributed by atoms with Gasteiger partial charge in [0.25, 0.3) is 5.89 Å². The number of amides is 1. The molecule has 0 aromatic carbocycles. The Balaban J connectivity index is 1.16. The van der Waals surface area contributed by atoms with Gasteiger partial charge < -0.3 is 18.6 Å². The molecule has 2 atom stereocenters. The molecule has 2 fully saturated rings. The first-order chi connectivity index (χ1) is 15.1. The molecule has 1 saturated heterocycles. The van der Waals surface area contributed by atoms with Gasteiger partial charge in [-0.25, -0.2) is 9.78 Å². The van der Waals surface area contributed by atoms with Gasteiger partial charge in [-0.05, 0) is 43.1 Å². The second-order valence-electron chi connectivity index (χ2n) is 8.49. The quantitative estimate of drug-likeness (QED) is 0.610. The van der Waals surface area contributed by atoms with Crippen molar-refractivity contribution in [3.05, 3.63) is 29.8 Å². The third-order valence-electron chi connectivity index (χ3n) is 6.27. The second-order valence-corrected chi connectivity index (χ2v) is 8.49. The molecule has 0 radical (unpaired) electrons. The lowest BCUT2D eigenvalue weighted by atomic mass is 9.93. The zero-order valence-corrected chi connectivity index (χ0v) is 17.3. The smallest absolute Gasteiger partial charge is 0.409 e. The van der Waals surface area contributed by atoms with Crippen LogP contribution in [-0.4, -0.2) is 45.8 Å². The summed E-state index contributed by atoms with van der Waals surface area (Å²) in [5.74, 6) is 2.92. The fraction of sp³-hybridized carbons (Fsp3) is 0.500. The van der Waals surface area contributed by atoms with Crippen LogP contribution in [-0.2, 0) is 11.2 Å². The van der Waals surface area contributed by atoms with Gasteiger partial charge in [0, 0.05) is 31.8 Å². The summed E-state index contributed by atoms with van der Waals surface area (Å²) in [6.07, 6.45) is 4.92. The predicted molar refractivity (Wildman–Crippen MR) is 109 cm³/mol. The summed E-state index contributed by atoms with van der Waals surface area (Å²) in [6.45, 7) is 4.09. The van der Waals surface area contributed by atoms with Crippen molar-refractivity contribution in [2.45, 2.75) is 32.6 Å². The molecule has 2 unspecified atom stereocenters. The highest BCUT2D eigenvalue weighted by Gasteiger charge is 2.34. The molecular weight excluding hydrogens is 398 g/mol. The van der Waals surface area contributed by atoms with Gasteiger partial charge in [0.2, 0.25) is 0 Å². The van der Waals surface area contributed by atoms with Crippen LogP contribution < -0.4 is 0 Å². The third-order valence-corrected chi connectivity index (χ3v) is 6.27. The van der Waals surface area contributed by atoms with Crippen molar-refractivity contribution in [1.29, 1.82) is 5.26 Å². The van der Waals surface area contributed by atoms with Gasteiger partial charge in [0.05, 0.1) is 12.0 Å². The lowest BCUT2D eigenvalue weighted by molar-refractivity contribution is 0.0830. The van der Waals surface area contributed by atoms with E-state index in [1.54, 1.807) is 17.0 Å². The van der Waals surface area contributed by atoms with Crippen LogP contribution in [0.2, 0.25) is 0 Å². The molecule has 31 heavy (non-hydrogen) atoms. The van der Waals surface area contributed by atoms with Crippen molar-refractivity contribution in [2.24, 2.45) is 17.8 Å². The lowest BCUT2D eigenvalue weighted by Gasteiger charge is -2.30. The average molecular weight is 421 g/mol. The van der Waals surface area contributed by atoms with E-state index in [0.29, 0.717) is 72.1 Å². The Morgan fingerprint density at radius 3 is 2.94 bits per heavy atom. The Morgan fingerprint density at radius 2 is 2.19 bits per heavy atom. The normalized spacial score (nSPS) is 21.2. The Hall–Kier alpha value is -3.41. The van der Waals surface area contributed by atoms with Gasteiger partial charge >= 0.3 is 6.09 Å². The number of nitriles is 1. The number of likely N-dealkylation sites (tertiary alicyclic amines) is 1. The Bertz CT molecular complexity index is 1140. The van der Waals surface area contributed by atoms with Crippen molar-refractivity contribution >= 4 is 17.1 Å². The number of piperidine rings is 1. The van der Waals surface area contributed by atoms with Gasteiger partial charge in [-0.15, -0.1) is 0 Å². The minimum Gasteiger partial charge on any atom is -0.451 e. The van der Waals surface area contributed by atoms with Crippen molar-refractivity contribution < 1.29 is 18.5 Å². The molecule has 0 bridgehead atoms. The number of aromatic nitrogens is 3. The first-order valence-corrected chi connectivity index (χ1v) is 10.6. The molecule has 9 nitrogen and oxygen atoms in total. The standard InChI is InChI=1S/C22H23N5O4/c1-13-8-15(13)12-29-22(28)27-6-3-14(4-7-27)9-20-25-21(31-26-20)19-10-16-17(11-23)24-5-2-18(16)30-19/h2,5,10,13-15H,3-4,6-9,12H2,1H3. The number of pyridine rings is 1. The molecule has 1 amide bonds. The number of carbonyl (C=O) groups is 1. The molecule has 2 aliphatic rings. The Labute approximate surface area is 179 Å². The van der Waals surface area contributed by atoms with Crippen LogP contribution in [0.4, 0.5) is 4.79 Å². The van der Waals surface area contributed by atoms with Crippen molar-refractivity contribution in [3.63, 3.8) is 0 Å². The monoisotopic (exact) mass is 421 g/mol. The van der Waals surface area contributed by atoms with E-state index in [0.717, 1.165) is 19.3 Å². The average Bonchev–Trinajstić information content (AvgIpc) is 3.16. The molecule has 5 rings (SSSR count). The highest BCUT2D eigenvalue weighted by molar-refractivity contribution is 5.85. The molecule has 1 saturated carbocycles. The maximum absolute atomic E-state index is 12.2. The molecule has 9 heteroatoms. The topological polar surface area (TPSA) is 118 Å². The van der Waals surface area contributed by atoms with Crippen LogP contribution in [0.5, 0.6) is 0 Å². The van der Waals surface area contributed by atoms with Gasteiger partial charge in [0.1, 0.15) is 11.7 Å². The molecule has 3 aromatic rings. The summed E-state index contributed by atoms with van der Waals surface area (Å²) >= 11 is 0. The third kappa shape index (κ3) is 4.10. The summed E-state index contributed by atoms with van der Waals surface area (Å²) in [5, 5.41) is 13.9. The largest absolute Gasteiger partial charge is 0.451 e. The Kier molecular flexibility index (Phi) is 5.06. The van der Waals surface area contributed by atoms with Crippen molar-refractivity contribution in [1.82, 2.24) is 20.0 Å². The summed E-state index contributed by atoms with van der Waals surface area (Å²) < 4.78 is 16.6. The van der Waals surface area contributed by atoms with Crippen molar-refractivity contribution in [3.8, 4) is 17.7 Å². The van der Waals surface area contributed by atoms with Gasteiger partial charge in [-0.3, -0.25) is 0 Å². The molecule has 0 spiro atoms.